The second kappa shape index (κ2) is 10.0. The van der Waals surface area contributed by atoms with Crippen LogP contribution in [0.15, 0.2) is 23.6 Å². The second-order valence-electron chi connectivity index (χ2n) is 7.59. The topological polar surface area (TPSA) is 45.7 Å². The summed E-state index contributed by atoms with van der Waals surface area (Å²) in [5, 5.41) is 3.25. The first-order chi connectivity index (χ1) is 13.5. The largest absolute Gasteiger partial charge is 0.493 e. The molecule has 0 bridgehead atoms. The number of unbranched alkanes of at least 4 members (excludes halogenated alkanes) is 1. The third kappa shape index (κ3) is 6.04. The van der Waals surface area contributed by atoms with Crippen LogP contribution in [0.25, 0.3) is 0 Å². The van der Waals surface area contributed by atoms with Crippen LogP contribution in [-0.4, -0.2) is 53.5 Å². The number of amides is 1. The molecule has 0 saturated carbocycles. The molecule has 5 nitrogen and oxygen atoms in total. The minimum atomic E-state index is 0.274. The number of aryl methyl sites for hydroxylation is 3. The highest BCUT2D eigenvalue weighted by Gasteiger charge is 2.21. The SMILES string of the molecule is Cc1ccc(C)c(OCCCCC(=O)N2CCN(Cc3csc(C)n3)CC2)c1. The molecule has 1 fully saturated rings. The number of thiazole rings is 1. The molecule has 1 aromatic carbocycles. The van der Waals surface area contributed by atoms with Gasteiger partial charge in [0.2, 0.25) is 5.91 Å². The summed E-state index contributed by atoms with van der Waals surface area (Å²) in [6, 6.07) is 6.26. The Morgan fingerprint density at radius 1 is 1.14 bits per heavy atom. The molecule has 0 atom stereocenters. The van der Waals surface area contributed by atoms with Crippen molar-refractivity contribution in [1.82, 2.24) is 14.8 Å². The number of ether oxygens (including phenoxy) is 1. The van der Waals surface area contributed by atoms with Crippen LogP contribution in [0, 0.1) is 20.8 Å². The molecule has 1 saturated heterocycles. The van der Waals surface area contributed by atoms with Gasteiger partial charge in [0, 0.05) is 44.5 Å². The molecule has 1 amide bonds. The third-order valence-electron chi connectivity index (χ3n) is 5.16. The van der Waals surface area contributed by atoms with Crippen molar-refractivity contribution in [3.05, 3.63) is 45.4 Å². The summed E-state index contributed by atoms with van der Waals surface area (Å²) in [4.78, 5) is 21.4. The molecular formula is C22H31N3O2S. The van der Waals surface area contributed by atoms with Crippen molar-refractivity contribution >= 4 is 17.2 Å². The molecule has 1 aliphatic heterocycles. The number of nitrogens with zero attached hydrogens (tertiary/aromatic N) is 3. The highest BCUT2D eigenvalue weighted by molar-refractivity contribution is 7.09. The fraction of sp³-hybridized carbons (Fsp3) is 0.545. The number of carbonyl (C=O) groups is 1. The molecule has 1 aromatic heterocycles. The number of carbonyl (C=O) groups excluding carboxylic acids is 1. The summed E-state index contributed by atoms with van der Waals surface area (Å²) in [6.45, 7) is 11.2. The number of benzene rings is 1. The van der Waals surface area contributed by atoms with Gasteiger partial charge in [0.25, 0.3) is 0 Å². The fourth-order valence-corrected chi connectivity index (χ4v) is 4.05. The standard InChI is InChI=1S/C22H31N3O2S/c1-17-7-8-18(2)21(14-17)27-13-5-4-6-22(26)25-11-9-24(10-12-25)15-20-16-28-19(3)23-20/h7-8,14,16H,4-6,9-13,15H2,1-3H3. The van der Waals surface area contributed by atoms with Crippen molar-refractivity contribution in [2.75, 3.05) is 32.8 Å². The summed E-state index contributed by atoms with van der Waals surface area (Å²) in [5.74, 6) is 1.23. The maximum absolute atomic E-state index is 12.5. The van der Waals surface area contributed by atoms with Gasteiger partial charge in [-0.05, 0) is 50.8 Å². The van der Waals surface area contributed by atoms with E-state index in [1.165, 1.54) is 5.56 Å². The van der Waals surface area contributed by atoms with Crippen molar-refractivity contribution < 1.29 is 9.53 Å². The minimum absolute atomic E-state index is 0.274. The number of hydrogen-bond acceptors (Lipinski definition) is 5. The molecule has 2 aromatic rings. The molecule has 0 spiro atoms. The number of piperazine rings is 1. The van der Waals surface area contributed by atoms with E-state index in [0.717, 1.165) is 67.6 Å². The second-order valence-corrected chi connectivity index (χ2v) is 8.65. The molecule has 2 heterocycles. The fourth-order valence-electron chi connectivity index (χ4n) is 3.45. The smallest absolute Gasteiger partial charge is 0.222 e. The van der Waals surface area contributed by atoms with E-state index in [2.05, 4.69) is 47.3 Å². The number of aromatic nitrogens is 1. The molecule has 0 aliphatic carbocycles. The lowest BCUT2D eigenvalue weighted by atomic mass is 10.1. The normalized spacial score (nSPS) is 15.0. The van der Waals surface area contributed by atoms with E-state index in [0.29, 0.717) is 13.0 Å². The molecule has 152 valence electrons. The van der Waals surface area contributed by atoms with Crippen LogP contribution in [0.4, 0.5) is 0 Å². The molecule has 0 unspecified atom stereocenters. The average molecular weight is 402 g/mol. The lowest BCUT2D eigenvalue weighted by Gasteiger charge is -2.34. The molecular weight excluding hydrogens is 370 g/mol. The van der Waals surface area contributed by atoms with Crippen LogP contribution in [0.5, 0.6) is 5.75 Å². The first-order valence-corrected chi connectivity index (χ1v) is 11.0. The Bertz CT molecular complexity index is 782. The number of rotatable bonds is 8. The maximum atomic E-state index is 12.5. The van der Waals surface area contributed by atoms with Crippen LogP contribution >= 0.6 is 11.3 Å². The molecule has 0 radical (unpaired) electrons. The van der Waals surface area contributed by atoms with Crippen molar-refractivity contribution in [3.8, 4) is 5.75 Å². The van der Waals surface area contributed by atoms with Gasteiger partial charge in [0.05, 0.1) is 17.3 Å². The van der Waals surface area contributed by atoms with E-state index in [1.807, 2.05) is 11.8 Å². The van der Waals surface area contributed by atoms with Gasteiger partial charge in [-0.3, -0.25) is 9.69 Å². The minimum Gasteiger partial charge on any atom is -0.493 e. The van der Waals surface area contributed by atoms with Gasteiger partial charge in [-0.25, -0.2) is 4.98 Å². The summed E-state index contributed by atoms with van der Waals surface area (Å²) < 4.78 is 5.88. The highest BCUT2D eigenvalue weighted by atomic mass is 32.1. The first kappa shape index (κ1) is 20.8. The van der Waals surface area contributed by atoms with Crippen molar-refractivity contribution in [2.24, 2.45) is 0 Å². The van der Waals surface area contributed by atoms with Crippen LogP contribution in [0.2, 0.25) is 0 Å². The molecule has 28 heavy (non-hydrogen) atoms. The monoisotopic (exact) mass is 401 g/mol. The predicted octanol–water partition coefficient (Wildman–Crippen LogP) is 3.96. The van der Waals surface area contributed by atoms with Crippen molar-refractivity contribution in [3.63, 3.8) is 0 Å². The summed E-state index contributed by atoms with van der Waals surface area (Å²) in [5.41, 5.74) is 3.51. The third-order valence-corrected chi connectivity index (χ3v) is 5.99. The lowest BCUT2D eigenvalue weighted by Crippen LogP contribution is -2.48. The van der Waals surface area contributed by atoms with Crippen LogP contribution in [0.1, 0.15) is 41.1 Å². The number of hydrogen-bond donors (Lipinski definition) is 0. The molecule has 6 heteroatoms. The molecule has 1 aliphatic rings. The zero-order chi connectivity index (χ0) is 19.9. The lowest BCUT2D eigenvalue weighted by molar-refractivity contribution is -0.133. The van der Waals surface area contributed by atoms with Gasteiger partial charge in [-0.15, -0.1) is 11.3 Å². The predicted molar refractivity (Wildman–Crippen MR) is 114 cm³/mol. The Hall–Kier alpha value is -1.92. The van der Waals surface area contributed by atoms with Gasteiger partial charge in [-0.1, -0.05) is 12.1 Å². The van der Waals surface area contributed by atoms with E-state index in [1.54, 1.807) is 11.3 Å². The summed E-state index contributed by atoms with van der Waals surface area (Å²) >= 11 is 1.70. The molecule has 0 N–H and O–H groups in total. The van der Waals surface area contributed by atoms with E-state index in [4.69, 9.17) is 4.74 Å². The Labute approximate surface area is 172 Å². The molecule has 3 rings (SSSR count). The Morgan fingerprint density at radius 3 is 2.64 bits per heavy atom. The van der Waals surface area contributed by atoms with Crippen molar-refractivity contribution in [2.45, 2.75) is 46.6 Å². The van der Waals surface area contributed by atoms with Crippen molar-refractivity contribution in [1.29, 1.82) is 0 Å². The quantitative estimate of drug-likeness (QED) is 0.628. The van der Waals surface area contributed by atoms with E-state index >= 15 is 0 Å². The first-order valence-electron chi connectivity index (χ1n) is 10.1. The van der Waals surface area contributed by atoms with Crippen LogP contribution in [0.3, 0.4) is 0 Å². The summed E-state index contributed by atoms with van der Waals surface area (Å²) in [6.07, 6.45) is 2.39. The van der Waals surface area contributed by atoms with Gasteiger partial charge < -0.3 is 9.64 Å². The maximum Gasteiger partial charge on any atom is 0.222 e. The van der Waals surface area contributed by atoms with E-state index in [-0.39, 0.29) is 5.91 Å². The van der Waals surface area contributed by atoms with E-state index < -0.39 is 0 Å². The Balaban J connectivity index is 1.31. The highest BCUT2D eigenvalue weighted by Crippen LogP contribution is 2.19. The average Bonchev–Trinajstić information content (AvgIpc) is 3.09. The Kier molecular flexibility index (Phi) is 7.45. The zero-order valence-corrected chi connectivity index (χ0v) is 18.1. The summed E-state index contributed by atoms with van der Waals surface area (Å²) in [7, 11) is 0. The van der Waals surface area contributed by atoms with Gasteiger partial charge in [0.1, 0.15) is 5.75 Å². The van der Waals surface area contributed by atoms with Gasteiger partial charge in [0.15, 0.2) is 0 Å². The van der Waals surface area contributed by atoms with Gasteiger partial charge >= 0.3 is 0 Å². The zero-order valence-electron chi connectivity index (χ0n) is 17.2. The van der Waals surface area contributed by atoms with Gasteiger partial charge in [-0.2, -0.15) is 0 Å². The van der Waals surface area contributed by atoms with Crippen LogP contribution in [-0.2, 0) is 11.3 Å². The Morgan fingerprint density at radius 2 is 1.93 bits per heavy atom. The van der Waals surface area contributed by atoms with Crippen LogP contribution < -0.4 is 4.74 Å². The van der Waals surface area contributed by atoms with E-state index in [9.17, 15) is 4.79 Å².